The lowest BCUT2D eigenvalue weighted by Gasteiger charge is -2.37. The van der Waals surface area contributed by atoms with E-state index in [1.807, 2.05) is 49.8 Å². The number of carbonyl (C=O) groups excluding carboxylic acids is 4. The summed E-state index contributed by atoms with van der Waals surface area (Å²) < 4.78 is 9.62. The van der Waals surface area contributed by atoms with Gasteiger partial charge in [0.1, 0.15) is 23.7 Å². The molecule has 2 aliphatic heterocycles. The van der Waals surface area contributed by atoms with E-state index in [2.05, 4.69) is 93.4 Å². The number of fused-ring (bicyclic) bond motifs is 4. The Bertz CT molecular complexity index is 2720. The Hall–Kier alpha value is -6.70. The second-order valence-electron chi connectivity index (χ2n) is 18.2. The number of amides is 4. The lowest BCUT2D eigenvalue weighted by atomic mass is 9.95. The number of imidazole rings is 2. The second kappa shape index (κ2) is 17.5. The Morgan fingerprint density at radius 2 is 1.28 bits per heavy atom. The van der Waals surface area contributed by atoms with Crippen LogP contribution in [0.3, 0.4) is 0 Å². The van der Waals surface area contributed by atoms with Gasteiger partial charge in [-0.3, -0.25) is 9.59 Å². The van der Waals surface area contributed by atoms with Crippen molar-refractivity contribution in [3.63, 3.8) is 0 Å². The van der Waals surface area contributed by atoms with Gasteiger partial charge in [-0.2, -0.15) is 0 Å². The Balaban J connectivity index is 0.894. The molecule has 4 aromatic carbocycles. The lowest BCUT2D eigenvalue weighted by molar-refractivity contribution is -0.139. The van der Waals surface area contributed by atoms with Gasteiger partial charge in [0.25, 0.3) is 0 Å². The van der Waals surface area contributed by atoms with Gasteiger partial charge in [-0.15, -0.1) is 0 Å². The highest BCUT2D eigenvalue weighted by Crippen LogP contribution is 2.50. The highest BCUT2D eigenvalue weighted by atomic mass is 16.5. The van der Waals surface area contributed by atoms with Crippen molar-refractivity contribution in [1.29, 1.82) is 0 Å². The minimum Gasteiger partial charge on any atom is -0.453 e. The van der Waals surface area contributed by atoms with Gasteiger partial charge in [-0.05, 0) is 113 Å². The number of alkyl carbamates (subject to hydrolysis) is 2. The van der Waals surface area contributed by atoms with Crippen molar-refractivity contribution < 1.29 is 28.7 Å². The number of nitrogens with one attached hydrogen (secondary N) is 4. The fourth-order valence-corrected chi connectivity index (χ4v) is 10.2. The fourth-order valence-electron chi connectivity index (χ4n) is 10.2. The molecule has 9 rings (SSSR count). The van der Waals surface area contributed by atoms with E-state index in [1.54, 1.807) is 0 Å². The van der Waals surface area contributed by atoms with E-state index in [4.69, 9.17) is 19.4 Å². The van der Waals surface area contributed by atoms with Crippen LogP contribution in [0.15, 0.2) is 85.1 Å². The van der Waals surface area contributed by atoms with Crippen LogP contribution in [0.4, 0.5) is 9.59 Å². The molecular formula is C50H56N8O6. The number of aromatic nitrogens is 4. The molecule has 3 aliphatic rings. The van der Waals surface area contributed by atoms with E-state index < -0.39 is 24.3 Å². The summed E-state index contributed by atoms with van der Waals surface area (Å²) in [6.45, 7) is 8.28. The van der Waals surface area contributed by atoms with Gasteiger partial charge in [0, 0.05) is 12.6 Å². The molecule has 6 aromatic rings. The zero-order valence-electron chi connectivity index (χ0n) is 37.2. The second-order valence-corrected chi connectivity index (χ2v) is 18.2. The van der Waals surface area contributed by atoms with Crippen molar-refractivity contribution in [2.75, 3.05) is 20.8 Å². The number of rotatable bonds is 11. The van der Waals surface area contributed by atoms with Crippen LogP contribution in [0.1, 0.15) is 83.5 Å². The molecule has 1 saturated carbocycles. The van der Waals surface area contributed by atoms with Crippen molar-refractivity contribution >= 4 is 45.8 Å². The quantitative estimate of drug-likeness (QED) is 0.0999. The molecule has 1 aliphatic carbocycles. The zero-order valence-corrected chi connectivity index (χ0v) is 37.2. The molecular weight excluding hydrogens is 809 g/mol. The van der Waals surface area contributed by atoms with E-state index in [9.17, 15) is 19.2 Å². The molecule has 14 heteroatoms. The van der Waals surface area contributed by atoms with Gasteiger partial charge < -0.3 is 39.9 Å². The molecule has 4 heterocycles. The number of benzene rings is 4. The highest BCUT2D eigenvalue weighted by molar-refractivity contribution is 5.93. The van der Waals surface area contributed by atoms with Gasteiger partial charge in [-0.1, -0.05) is 82.3 Å². The van der Waals surface area contributed by atoms with E-state index in [0.29, 0.717) is 12.5 Å². The summed E-state index contributed by atoms with van der Waals surface area (Å²) in [4.78, 5) is 72.4. The van der Waals surface area contributed by atoms with E-state index in [0.717, 1.165) is 99.1 Å². The fraction of sp³-hybridized carbons (Fsp3) is 0.400. The number of nitrogens with zero attached hydrogens (tertiary/aromatic N) is 4. The molecule has 4 amide bonds. The molecule has 64 heavy (non-hydrogen) atoms. The number of piperidine rings is 1. The maximum Gasteiger partial charge on any atom is 0.407 e. The van der Waals surface area contributed by atoms with Crippen molar-refractivity contribution in [2.45, 2.75) is 90.0 Å². The summed E-state index contributed by atoms with van der Waals surface area (Å²) in [5, 5.41) is 7.74. The number of carbonyl (C=O) groups is 4. The standard InChI is InChI=1S/C50H56N8O6/c1-27(2)42(55-49(61)63-5)47(59)57-21-7-8-41(57)45-51-26-40(54-45)30-11-9-29(10-12-30)31-13-14-33-23-34(16-15-32(33)22-31)35-18-20-38-39(25-35)53-46(52-38)44-36-17-19-37(24-36)58(44)48(60)43(28(3)4)56-50(62)64-6/h9-16,18,20,22-23,25-28,36-37,41-44H,7-8,17,19,21,24H2,1-6H3,(H,51,54)(H,52,53)(H,55,61)(H,56,62)/t36-,37+,41-,42-,43-,44-/m0/s1. The highest BCUT2D eigenvalue weighted by Gasteiger charge is 2.51. The smallest absolute Gasteiger partial charge is 0.407 e. The normalized spacial score (nSPS) is 20.3. The monoisotopic (exact) mass is 864 g/mol. The SMILES string of the molecule is COC(=O)N[C@H](C(=O)N1CCC[C@H]1c1ncc(-c2ccc(-c3ccc4cc(-c5ccc6nc([C@@H]7[C@H]8CC[C@H](C8)N7C(=O)[C@@H](NC(=O)OC)C(C)C)[nH]c6c5)ccc4c3)cc2)[nH]1)C(C)C. The topological polar surface area (TPSA) is 175 Å². The Kier molecular flexibility index (Phi) is 11.6. The number of aromatic amines is 2. The minimum absolute atomic E-state index is 0.0877. The lowest BCUT2D eigenvalue weighted by Crippen LogP contribution is -2.54. The maximum absolute atomic E-state index is 14.1. The summed E-state index contributed by atoms with van der Waals surface area (Å²) in [6.07, 6.45) is 5.16. The third-order valence-electron chi connectivity index (χ3n) is 13.6. The van der Waals surface area contributed by atoms with Gasteiger partial charge in [0.05, 0.1) is 49.2 Å². The van der Waals surface area contributed by atoms with Crippen LogP contribution >= 0.6 is 0 Å². The molecule has 3 fully saturated rings. The van der Waals surface area contributed by atoms with Crippen molar-refractivity contribution in [1.82, 2.24) is 40.4 Å². The summed E-state index contributed by atoms with van der Waals surface area (Å²) in [7, 11) is 2.61. The molecule has 6 atom stereocenters. The molecule has 332 valence electrons. The summed E-state index contributed by atoms with van der Waals surface area (Å²) in [5.41, 5.74) is 8.00. The first-order valence-electron chi connectivity index (χ1n) is 22.4. The molecule has 14 nitrogen and oxygen atoms in total. The third-order valence-corrected chi connectivity index (χ3v) is 13.6. The average Bonchev–Trinajstić information content (AvgIpc) is 4.17. The Morgan fingerprint density at radius 3 is 1.94 bits per heavy atom. The van der Waals surface area contributed by atoms with Gasteiger partial charge in [-0.25, -0.2) is 19.6 Å². The number of H-pyrrole nitrogens is 2. The molecule has 0 radical (unpaired) electrons. The van der Waals surface area contributed by atoms with Crippen molar-refractivity contribution in [2.24, 2.45) is 17.8 Å². The van der Waals surface area contributed by atoms with Crippen molar-refractivity contribution in [3.8, 4) is 33.5 Å². The number of ether oxygens (including phenoxy) is 2. The summed E-state index contributed by atoms with van der Waals surface area (Å²) in [5.74, 6) is 1.40. The number of hydrogen-bond donors (Lipinski definition) is 4. The molecule has 2 bridgehead atoms. The first kappa shape index (κ1) is 42.6. The molecule has 0 spiro atoms. The van der Waals surface area contributed by atoms with E-state index in [-0.39, 0.29) is 41.8 Å². The van der Waals surface area contributed by atoms with Gasteiger partial charge in [0.2, 0.25) is 11.8 Å². The average molecular weight is 865 g/mol. The van der Waals surface area contributed by atoms with Crippen molar-refractivity contribution in [3.05, 3.63) is 96.7 Å². The van der Waals surface area contributed by atoms with E-state index >= 15 is 0 Å². The first-order chi connectivity index (χ1) is 30.9. The van der Waals surface area contributed by atoms with Crippen LogP contribution in [0.25, 0.3) is 55.3 Å². The maximum atomic E-state index is 14.1. The van der Waals surface area contributed by atoms with Crippen LogP contribution in [0.5, 0.6) is 0 Å². The molecule has 2 aromatic heterocycles. The van der Waals surface area contributed by atoms with Gasteiger partial charge in [0.15, 0.2) is 0 Å². The Labute approximate surface area is 372 Å². The van der Waals surface area contributed by atoms with Crippen LogP contribution < -0.4 is 10.6 Å². The van der Waals surface area contributed by atoms with Crippen LogP contribution in [-0.2, 0) is 19.1 Å². The predicted octanol–water partition coefficient (Wildman–Crippen LogP) is 8.92. The zero-order chi connectivity index (χ0) is 44.8. The largest absolute Gasteiger partial charge is 0.453 e. The number of likely N-dealkylation sites (tertiary alicyclic amines) is 2. The van der Waals surface area contributed by atoms with E-state index in [1.165, 1.54) is 14.2 Å². The summed E-state index contributed by atoms with van der Waals surface area (Å²) in [6, 6.07) is 26.1. The number of hydrogen-bond acceptors (Lipinski definition) is 8. The summed E-state index contributed by atoms with van der Waals surface area (Å²) >= 11 is 0. The number of methoxy groups -OCH3 is 2. The molecule has 2 saturated heterocycles. The first-order valence-corrected chi connectivity index (χ1v) is 22.4. The Morgan fingerprint density at radius 1 is 0.688 bits per heavy atom. The van der Waals surface area contributed by atoms with Crippen LogP contribution in [0, 0.1) is 17.8 Å². The minimum atomic E-state index is -0.686. The van der Waals surface area contributed by atoms with Gasteiger partial charge >= 0.3 is 12.2 Å². The predicted molar refractivity (Wildman–Crippen MR) is 245 cm³/mol. The molecule has 0 unspecified atom stereocenters. The third kappa shape index (κ3) is 8.05. The van der Waals surface area contributed by atoms with Crippen LogP contribution in [0.2, 0.25) is 0 Å². The van der Waals surface area contributed by atoms with Crippen LogP contribution in [-0.4, -0.2) is 92.6 Å². The molecule has 4 N–H and O–H groups in total.